The second-order valence-corrected chi connectivity index (χ2v) is 8.77. The molecule has 1 unspecified atom stereocenters. The lowest BCUT2D eigenvalue weighted by molar-refractivity contribution is -0.121. The molecule has 4 rings (SSSR count). The lowest BCUT2D eigenvalue weighted by Crippen LogP contribution is -2.44. The monoisotopic (exact) mass is 429 g/mol. The Morgan fingerprint density at radius 2 is 1.66 bits per heavy atom. The summed E-state index contributed by atoms with van der Waals surface area (Å²) in [5.41, 5.74) is 4.01. The van der Waals surface area contributed by atoms with Crippen molar-refractivity contribution >= 4 is 5.91 Å². The largest absolute Gasteiger partial charge is 0.508 e. The van der Waals surface area contributed by atoms with E-state index >= 15 is 0 Å². The fraction of sp³-hybridized carbons (Fsp3) is 0.321. The molecule has 1 aliphatic rings. The van der Waals surface area contributed by atoms with Gasteiger partial charge < -0.3 is 15.2 Å². The first-order chi connectivity index (χ1) is 15.6. The summed E-state index contributed by atoms with van der Waals surface area (Å²) in [6.45, 7) is 3.99. The number of nitrogens with one attached hydrogen (secondary N) is 1. The molecule has 0 spiro atoms. The molecule has 1 aliphatic heterocycles. The molecule has 0 aliphatic carbocycles. The molecule has 1 heterocycles. The summed E-state index contributed by atoms with van der Waals surface area (Å²) in [6.07, 6.45) is 2.05. The van der Waals surface area contributed by atoms with E-state index < -0.39 is 0 Å². The van der Waals surface area contributed by atoms with Crippen LogP contribution in [0.3, 0.4) is 0 Å². The summed E-state index contributed by atoms with van der Waals surface area (Å²) < 4.78 is 5.62. The fourth-order valence-corrected chi connectivity index (χ4v) is 4.69. The molecule has 166 valence electrons. The number of hydrogen-bond acceptors (Lipinski definition) is 3. The van der Waals surface area contributed by atoms with Crippen LogP contribution in [0, 0.1) is 6.92 Å². The summed E-state index contributed by atoms with van der Waals surface area (Å²) in [4.78, 5) is 13.2. The average molecular weight is 430 g/mol. The van der Waals surface area contributed by atoms with Gasteiger partial charge in [0.2, 0.25) is 5.91 Å². The molecule has 4 heteroatoms. The molecule has 32 heavy (non-hydrogen) atoms. The predicted molar refractivity (Wildman–Crippen MR) is 127 cm³/mol. The maximum atomic E-state index is 13.2. The van der Waals surface area contributed by atoms with Crippen LogP contribution in [0.25, 0.3) is 0 Å². The zero-order valence-electron chi connectivity index (χ0n) is 18.6. The second-order valence-electron chi connectivity index (χ2n) is 8.77. The van der Waals surface area contributed by atoms with Gasteiger partial charge in [0.1, 0.15) is 5.75 Å². The summed E-state index contributed by atoms with van der Waals surface area (Å²) >= 11 is 0. The first-order valence-electron chi connectivity index (χ1n) is 11.3. The highest BCUT2D eigenvalue weighted by Crippen LogP contribution is 2.36. The van der Waals surface area contributed by atoms with Crippen LogP contribution in [0.2, 0.25) is 0 Å². The molecule has 3 aromatic carbocycles. The highest BCUT2D eigenvalue weighted by molar-refractivity contribution is 5.78. The van der Waals surface area contributed by atoms with Crippen molar-refractivity contribution in [3.8, 4) is 5.75 Å². The van der Waals surface area contributed by atoms with E-state index in [-0.39, 0.29) is 29.4 Å². The minimum Gasteiger partial charge on any atom is -0.508 e. The predicted octanol–water partition coefficient (Wildman–Crippen LogP) is 5.09. The maximum Gasteiger partial charge on any atom is 0.220 e. The van der Waals surface area contributed by atoms with E-state index in [1.165, 1.54) is 5.56 Å². The van der Waals surface area contributed by atoms with Gasteiger partial charge in [0.25, 0.3) is 0 Å². The summed E-state index contributed by atoms with van der Waals surface area (Å²) in [5.74, 6) is 0.00228. The number of ether oxygens (including phenoxy) is 1. The van der Waals surface area contributed by atoms with E-state index in [2.05, 4.69) is 29.6 Å². The van der Waals surface area contributed by atoms with Crippen LogP contribution in [-0.4, -0.2) is 30.8 Å². The third-order valence-corrected chi connectivity index (χ3v) is 6.61. The Hall–Kier alpha value is -3.11. The summed E-state index contributed by atoms with van der Waals surface area (Å²) in [6, 6.07) is 25.9. The highest BCUT2D eigenvalue weighted by atomic mass is 16.5. The molecule has 3 aromatic rings. The van der Waals surface area contributed by atoms with Crippen LogP contribution in [0.1, 0.15) is 47.4 Å². The fourth-order valence-electron chi connectivity index (χ4n) is 4.69. The molecule has 0 bridgehead atoms. The van der Waals surface area contributed by atoms with Crippen LogP contribution in [0.5, 0.6) is 5.75 Å². The van der Waals surface area contributed by atoms with Gasteiger partial charge in [-0.15, -0.1) is 0 Å². The van der Waals surface area contributed by atoms with Crippen LogP contribution < -0.4 is 5.32 Å². The lowest BCUT2D eigenvalue weighted by Gasteiger charge is -2.38. The Morgan fingerprint density at radius 1 is 1.00 bits per heavy atom. The van der Waals surface area contributed by atoms with Gasteiger partial charge in [-0.25, -0.2) is 0 Å². The molecule has 1 saturated heterocycles. The average Bonchev–Trinajstić information content (AvgIpc) is 2.84. The number of amides is 1. The van der Waals surface area contributed by atoms with Gasteiger partial charge in [0, 0.05) is 43.1 Å². The van der Waals surface area contributed by atoms with Crippen molar-refractivity contribution in [3.05, 3.63) is 101 Å². The van der Waals surface area contributed by atoms with Crippen LogP contribution in [0.15, 0.2) is 78.9 Å². The molecular formula is C28H31NO3. The van der Waals surface area contributed by atoms with Crippen molar-refractivity contribution in [1.82, 2.24) is 5.32 Å². The molecular weight excluding hydrogens is 398 g/mol. The van der Waals surface area contributed by atoms with Crippen molar-refractivity contribution in [2.45, 2.75) is 37.5 Å². The Bertz CT molecular complexity index is 1030. The number of aromatic hydroxyl groups is 1. The van der Waals surface area contributed by atoms with E-state index in [4.69, 9.17) is 4.74 Å². The Balaban J connectivity index is 1.54. The van der Waals surface area contributed by atoms with E-state index in [1.807, 2.05) is 55.5 Å². The minimum atomic E-state index is -0.210. The maximum absolute atomic E-state index is 13.2. The van der Waals surface area contributed by atoms with E-state index in [1.54, 1.807) is 6.07 Å². The summed E-state index contributed by atoms with van der Waals surface area (Å²) in [7, 11) is 0. The Labute approximate surface area is 190 Å². The SMILES string of the molecule is Cc1ccc(O)c(C(CC(=O)NCC2(c3ccccc3)CCOCC2)c2ccccc2)c1. The van der Waals surface area contributed by atoms with Gasteiger partial charge in [-0.05, 0) is 37.0 Å². The smallest absolute Gasteiger partial charge is 0.220 e. The third kappa shape index (κ3) is 5.03. The molecule has 0 aromatic heterocycles. The molecule has 2 N–H and O–H groups in total. The number of phenols is 1. The van der Waals surface area contributed by atoms with Gasteiger partial charge in [-0.2, -0.15) is 0 Å². The number of phenolic OH excluding ortho intramolecular Hbond substituents is 1. The highest BCUT2D eigenvalue weighted by Gasteiger charge is 2.35. The number of carbonyl (C=O) groups excluding carboxylic acids is 1. The Morgan fingerprint density at radius 3 is 2.34 bits per heavy atom. The van der Waals surface area contributed by atoms with Gasteiger partial charge in [-0.3, -0.25) is 4.79 Å². The molecule has 1 fully saturated rings. The third-order valence-electron chi connectivity index (χ3n) is 6.61. The number of aryl methyl sites for hydroxylation is 1. The standard InChI is InChI=1S/C28H31NO3/c1-21-12-13-26(30)25(18-21)24(22-8-4-2-5-9-22)19-27(31)29-20-28(14-16-32-17-15-28)23-10-6-3-7-11-23/h2-13,18,24,30H,14-17,19-20H2,1H3,(H,29,31). The van der Waals surface area contributed by atoms with E-state index in [0.717, 1.165) is 29.5 Å². The van der Waals surface area contributed by atoms with Gasteiger partial charge in [-0.1, -0.05) is 78.4 Å². The van der Waals surface area contributed by atoms with Crippen LogP contribution >= 0.6 is 0 Å². The number of carbonyl (C=O) groups is 1. The van der Waals surface area contributed by atoms with E-state index in [0.29, 0.717) is 19.8 Å². The van der Waals surface area contributed by atoms with E-state index in [9.17, 15) is 9.90 Å². The zero-order chi connectivity index (χ0) is 22.4. The quantitative estimate of drug-likeness (QED) is 0.550. The van der Waals surface area contributed by atoms with Crippen LogP contribution in [-0.2, 0) is 14.9 Å². The normalized spacial score (nSPS) is 16.3. The van der Waals surface area contributed by atoms with Gasteiger partial charge in [0.05, 0.1) is 0 Å². The summed E-state index contributed by atoms with van der Waals surface area (Å²) in [5, 5.41) is 13.8. The van der Waals surface area contributed by atoms with Crippen LogP contribution in [0.4, 0.5) is 0 Å². The second kappa shape index (κ2) is 10.0. The van der Waals surface area contributed by atoms with Crippen molar-refractivity contribution in [1.29, 1.82) is 0 Å². The molecule has 4 nitrogen and oxygen atoms in total. The topological polar surface area (TPSA) is 58.6 Å². The molecule has 1 atom stereocenters. The van der Waals surface area contributed by atoms with Gasteiger partial charge in [0.15, 0.2) is 0 Å². The van der Waals surface area contributed by atoms with Crippen molar-refractivity contribution in [3.63, 3.8) is 0 Å². The molecule has 0 saturated carbocycles. The first-order valence-corrected chi connectivity index (χ1v) is 11.3. The Kier molecular flexibility index (Phi) is 6.91. The van der Waals surface area contributed by atoms with Gasteiger partial charge >= 0.3 is 0 Å². The first kappa shape index (κ1) is 22.1. The number of benzene rings is 3. The van der Waals surface area contributed by atoms with Crippen molar-refractivity contribution < 1.29 is 14.6 Å². The minimum absolute atomic E-state index is 0.0124. The van der Waals surface area contributed by atoms with Crippen molar-refractivity contribution in [2.24, 2.45) is 0 Å². The number of rotatable bonds is 7. The number of hydrogen-bond donors (Lipinski definition) is 2. The zero-order valence-corrected chi connectivity index (χ0v) is 18.6. The lowest BCUT2D eigenvalue weighted by atomic mass is 9.74. The molecule has 0 radical (unpaired) electrons. The molecule has 1 amide bonds. The van der Waals surface area contributed by atoms with Crippen molar-refractivity contribution in [2.75, 3.05) is 19.8 Å².